The molecule has 1 fully saturated rings. The fourth-order valence-corrected chi connectivity index (χ4v) is 12.4. The Morgan fingerprint density at radius 1 is 0.812 bits per heavy atom. The number of nitrogens with zero attached hydrogens (tertiary/aromatic N) is 1. The summed E-state index contributed by atoms with van der Waals surface area (Å²) in [7, 11) is 0.412. The minimum absolute atomic E-state index is 0.0967. The van der Waals surface area contributed by atoms with Crippen molar-refractivity contribution < 1.29 is 23.1 Å². The van der Waals surface area contributed by atoms with Gasteiger partial charge in [0.15, 0.2) is 17.2 Å². The molecule has 4 aromatic rings. The minimum atomic E-state index is -2.67. The largest absolute Gasteiger partial charge is 0.493 e. The van der Waals surface area contributed by atoms with E-state index in [2.05, 4.69) is 111 Å². The standard InChI is InChI=1S/C41H48FNO4Si/c1-40(2,3)48(34-16-8-6-9-17-34,35-18-10-7-11-19-35)47-29-32-15-13-12-14-31(32)28-43-22-20-30(21-23-43)26-41(42)27-33-24-37(45-4)38(46-5)25-36(33)39(41)44/h6-19,24-25,30H,20-23,26-29H2,1-5H3. The fourth-order valence-electron chi connectivity index (χ4n) is 7.91. The number of halogens is 1. The van der Waals surface area contributed by atoms with E-state index in [0.29, 0.717) is 29.2 Å². The van der Waals surface area contributed by atoms with Gasteiger partial charge >= 0.3 is 0 Å². The maximum atomic E-state index is 16.3. The summed E-state index contributed by atoms with van der Waals surface area (Å²) in [5, 5.41) is 2.45. The molecule has 0 amide bonds. The summed E-state index contributed by atoms with van der Waals surface area (Å²) >= 11 is 0. The van der Waals surface area contributed by atoms with Crippen molar-refractivity contribution in [3.05, 3.63) is 119 Å². The number of ether oxygens (including phenoxy) is 2. The van der Waals surface area contributed by atoms with Crippen LogP contribution in [-0.2, 0) is 24.0 Å². The Kier molecular flexibility index (Phi) is 9.93. The molecule has 1 saturated heterocycles. The van der Waals surface area contributed by atoms with Crippen LogP contribution in [0.3, 0.4) is 0 Å². The molecule has 0 bridgehead atoms. The van der Waals surface area contributed by atoms with Crippen molar-refractivity contribution in [2.75, 3.05) is 27.3 Å². The predicted molar refractivity (Wildman–Crippen MR) is 193 cm³/mol. The number of ketones is 1. The number of Topliss-reactive ketones (excluding diaryl/α,β-unsaturated/α-hetero) is 1. The van der Waals surface area contributed by atoms with Crippen LogP contribution in [0, 0.1) is 5.92 Å². The van der Waals surface area contributed by atoms with E-state index in [1.807, 2.05) is 0 Å². The SMILES string of the molecule is COc1cc2c(cc1OC)C(=O)C(F)(CC1CCN(Cc3ccccc3CO[Si](c3ccccc3)(c3ccccc3)C(C)(C)C)CC1)C2. The van der Waals surface area contributed by atoms with Gasteiger partial charge < -0.3 is 13.9 Å². The number of carbonyl (C=O) groups is 1. The van der Waals surface area contributed by atoms with Crippen molar-refractivity contribution in [3.63, 3.8) is 0 Å². The lowest BCUT2D eigenvalue weighted by Crippen LogP contribution is -2.66. The van der Waals surface area contributed by atoms with E-state index in [0.717, 1.165) is 32.5 Å². The lowest BCUT2D eigenvalue weighted by Gasteiger charge is -2.43. The van der Waals surface area contributed by atoms with Crippen LogP contribution < -0.4 is 19.8 Å². The summed E-state index contributed by atoms with van der Waals surface area (Å²) in [6.45, 7) is 10.0. The molecule has 1 aliphatic carbocycles. The highest BCUT2D eigenvalue weighted by Gasteiger charge is 2.50. The number of fused-ring (bicyclic) bond motifs is 1. The van der Waals surface area contributed by atoms with Gasteiger partial charge in [0.2, 0.25) is 5.78 Å². The van der Waals surface area contributed by atoms with Crippen molar-refractivity contribution in [1.29, 1.82) is 0 Å². The van der Waals surface area contributed by atoms with Crippen molar-refractivity contribution in [2.45, 2.75) is 70.3 Å². The monoisotopic (exact) mass is 665 g/mol. The Morgan fingerprint density at radius 3 is 1.92 bits per heavy atom. The molecule has 6 rings (SSSR count). The van der Waals surface area contributed by atoms with Crippen LogP contribution in [0.5, 0.6) is 11.5 Å². The molecular weight excluding hydrogens is 618 g/mol. The van der Waals surface area contributed by atoms with Crippen molar-refractivity contribution in [2.24, 2.45) is 5.92 Å². The average molecular weight is 666 g/mol. The second-order valence-electron chi connectivity index (χ2n) is 14.5. The molecule has 252 valence electrons. The van der Waals surface area contributed by atoms with E-state index in [1.165, 1.54) is 28.6 Å². The third-order valence-electron chi connectivity index (χ3n) is 10.4. The van der Waals surface area contributed by atoms with E-state index in [1.54, 1.807) is 19.2 Å². The van der Waals surface area contributed by atoms with Crippen molar-refractivity contribution >= 4 is 24.5 Å². The van der Waals surface area contributed by atoms with Crippen LogP contribution >= 0.6 is 0 Å². The Labute approximate surface area is 286 Å². The molecule has 5 nitrogen and oxygen atoms in total. The number of benzene rings is 4. The van der Waals surface area contributed by atoms with E-state index >= 15 is 4.39 Å². The molecule has 0 aromatic heterocycles. The van der Waals surface area contributed by atoms with Crippen LogP contribution in [0.25, 0.3) is 0 Å². The Hall–Kier alpha value is -3.78. The molecule has 1 atom stereocenters. The molecule has 48 heavy (non-hydrogen) atoms. The zero-order chi connectivity index (χ0) is 33.9. The van der Waals surface area contributed by atoms with E-state index in [-0.39, 0.29) is 23.8 Å². The molecule has 1 unspecified atom stereocenters. The molecule has 1 heterocycles. The maximum absolute atomic E-state index is 16.3. The first kappa shape index (κ1) is 34.1. The number of hydrogen-bond donors (Lipinski definition) is 0. The highest BCUT2D eigenvalue weighted by atomic mass is 28.4. The van der Waals surface area contributed by atoms with Crippen molar-refractivity contribution in [3.8, 4) is 11.5 Å². The van der Waals surface area contributed by atoms with Gasteiger partial charge in [-0.1, -0.05) is 106 Å². The van der Waals surface area contributed by atoms with Gasteiger partial charge in [-0.05, 0) is 82.5 Å². The van der Waals surface area contributed by atoms with Gasteiger partial charge in [-0.25, -0.2) is 4.39 Å². The van der Waals surface area contributed by atoms with Gasteiger partial charge in [0, 0.05) is 18.5 Å². The molecule has 0 spiro atoms. The first-order valence-electron chi connectivity index (χ1n) is 17.1. The molecule has 7 heteroatoms. The molecule has 0 radical (unpaired) electrons. The summed E-state index contributed by atoms with van der Waals surface area (Å²) in [5.41, 5.74) is 1.71. The minimum Gasteiger partial charge on any atom is -0.493 e. The van der Waals surface area contributed by atoms with Crippen LogP contribution in [0.4, 0.5) is 4.39 Å². The summed E-state index contributed by atoms with van der Waals surface area (Å²) in [6.07, 6.45) is 2.08. The van der Waals surface area contributed by atoms with E-state index in [4.69, 9.17) is 13.9 Å². The van der Waals surface area contributed by atoms with E-state index in [9.17, 15) is 4.79 Å². The first-order chi connectivity index (χ1) is 23.1. The predicted octanol–water partition coefficient (Wildman–Crippen LogP) is 7.53. The Balaban J connectivity index is 1.13. The zero-order valence-corrected chi connectivity index (χ0v) is 29.9. The lowest BCUT2D eigenvalue weighted by atomic mass is 9.83. The van der Waals surface area contributed by atoms with Gasteiger partial charge in [0.25, 0.3) is 8.32 Å². The van der Waals surface area contributed by atoms with Crippen LogP contribution in [0.1, 0.15) is 67.1 Å². The number of rotatable bonds is 11. The third kappa shape index (κ3) is 6.60. The summed E-state index contributed by atoms with van der Waals surface area (Å²) in [6, 6.07) is 33.5. The topological polar surface area (TPSA) is 48.0 Å². The van der Waals surface area contributed by atoms with Crippen LogP contribution in [0.15, 0.2) is 97.1 Å². The fraction of sp³-hybridized carbons (Fsp3) is 0.390. The molecule has 0 saturated carbocycles. The number of likely N-dealkylation sites (tertiary alicyclic amines) is 1. The normalized spacial score (nSPS) is 18.9. The molecule has 4 aromatic carbocycles. The van der Waals surface area contributed by atoms with Gasteiger partial charge in [0.1, 0.15) is 0 Å². The van der Waals surface area contributed by atoms with Gasteiger partial charge in [-0.2, -0.15) is 0 Å². The third-order valence-corrected chi connectivity index (χ3v) is 15.4. The lowest BCUT2D eigenvalue weighted by molar-refractivity contribution is 0.0587. The molecule has 2 aliphatic rings. The summed E-state index contributed by atoms with van der Waals surface area (Å²) in [4.78, 5) is 15.7. The number of alkyl halides is 1. The van der Waals surface area contributed by atoms with E-state index < -0.39 is 19.8 Å². The number of carbonyl (C=O) groups excluding carboxylic acids is 1. The molecular formula is C41H48FNO4Si. The first-order valence-corrected chi connectivity index (χ1v) is 19.0. The Morgan fingerprint density at radius 2 is 1.35 bits per heavy atom. The van der Waals surface area contributed by atoms with Gasteiger partial charge in [-0.3, -0.25) is 9.69 Å². The number of methoxy groups -OCH3 is 2. The molecule has 1 aliphatic heterocycles. The van der Waals surface area contributed by atoms with Gasteiger partial charge in [0.05, 0.1) is 20.8 Å². The highest BCUT2D eigenvalue weighted by molar-refractivity contribution is 6.99. The summed E-state index contributed by atoms with van der Waals surface area (Å²) < 4.78 is 34.4. The van der Waals surface area contributed by atoms with Crippen molar-refractivity contribution in [1.82, 2.24) is 4.90 Å². The quantitative estimate of drug-likeness (QED) is 0.155. The Bertz CT molecular complexity index is 1680. The molecule has 0 N–H and O–H groups in total. The number of piperidine rings is 1. The second-order valence-corrected chi connectivity index (χ2v) is 18.8. The zero-order valence-electron chi connectivity index (χ0n) is 28.9. The second kappa shape index (κ2) is 14.0. The average Bonchev–Trinajstić information content (AvgIpc) is 3.34. The van der Waals surface area contributed by atoms with Crippen LogP contribution in [0.2, 0.25) is 5.04 Å². The maximum Gasteiger partial charge on any atom is 0.261 e. The highest BCUT2D eigenvalue weighted by Crippen LogP contribution is 2.44. The number of hydrogen-bond acceptors (Lipinski definition) is 5. The summed E-state index contributed by atoms with van der Waals surface area (Å²) in [5.74, 6) is 0.719. The van der Waals surface area contributed by atoms with Gasteiger partial charge in [-0.15, -0.1) is 0 Å². The smallest absolute Gasteiger partial charge is 0.261 e. The van der Waals surface area contributed by atoms with Crippen LogP contribution in [-0.4, -0.2) is 52.0 Å².